The maximum atomic E-state index is 12.9. The molecule has 6 heteroatoms. The number of halogens is 1. The van der Waals surface area contributed by atoms with Crippen LogP contribution in [0.2, 0.25) is 0 Å². The van der Waals surface area contributed by atoms with Gasteiger partial charge in [0.05, 0.1) is 24.0 Å². The molecule has 0 atom stereocenters. The Morgan fingerprint density at radius 3 is 2.75 bits per heavy atom. The van der Waals surface area contributed by atoms with Gasteiger partial charge in [-0.2, -0.15) is 5.10 Å². The maximum absolute atomic E-state index is 12.9. The monoisotopic (exact) mass is 401 g/mol. The summed E-state index contributed by atoms with van der Waals surface area (Å²) >= 11 is 5.12. The van der Waals surface area contributed by atoms with Crippen molar-refractivity contribution in [2.45, 2.75) is 25.4 Å². The molecular weight excluding hydrogens is 386 g/mol. The second kappa shape index (κ2) is 6.53. The highest BCUT2D eigenvalue weighted by atomic mass is 79.9. The summed E-state index contributed by atoms with van der Waals surface area (Å²) in [5.74, 6) is 0.0641. The zero-order valence-electron chi connectivity index (χ0n) is 12.9. The first-order valence-electron chi connectivity index (χ1n) is 7.85. The van der Waals surface area contributed by atoms with E-state index in [0.29, 0.717) is 18.2 Å². The molecule has 1 amide bonds. The summed E-state index contributed by atoms with van der Waals surface area (Å²) in [7, 11) is 0. The Kier molecular flexibility index (Phi) is 4.24. The molecular formula is C18H16BrN3OS. The lowest BCUT2D eigenvalue weighted by atomic mass is 10.2. The van der Waals surface area contributed by atoms with E-state index < -0.39 is 0 Å². The Hall–Kier alpha value is -1.92. The number of nitrogens with zero attached hydrogens (tertiary/aromatic N) is 3. The van der Waals surface area contributed by atoms with E-state index >= 15 is 0 Å². The van der Waals surface area contributed by atoms with Crippen molar-refractivity contribution in [1.82, 2.24) is 14.7 Å². The van der Waals surface area contributed by atoms with Gasteiger partial charge >= 0.3 is 0 Å². The van der Waals surface area contributed by atoms with Crippen LogP contribution in [-0.4, -0.2) is 26.6 Å². The van der Waals surface area contributed by atoms with Gasteiger partial charge in [-0.15, -0.1) is 11.3 Å². The van der Waals surface area contributed by atoms with Gasteiger partial charge in [0, 0.05) is 21.6 Å². The first-order chi connectivity index (χ1) is 11.7. The molecule has 2 aromatic heterocycles. The van der Waals surface area contributed by atoms with Crippen molar-refractivity contribution in [3.05, 3.63) is 69.1 Å². The Labute approximate surface area is 152 Å². The lowest BCUT2D eigenvalue weighted by Gasteiger charge is -2.21. The molecule has 1 saturated carbocycles. The fourth-order valence-corrected chi connectivity index (χ4v) is 3.62. The van der Waals surface area contributed by atoms with E-state index in [0.717, 1.165) is 23.0 Å². The smallest absolute Gasteiger partial charge is 0.257 e. The molecule has 1 fully saturated rings. The number of amides is 1. The standard InChI is InChI=1S/C18H16BrN3OS/c19-14-3-5-16(6-4-14)22-11-13(10-20-22)18(23)21(15-7-8-15)12-17-2-1-9-24-17/h1-6,9-11,15H,7-8,12H2. The molecule has 0 spiro atoms. The number of aromatic nitrogens is 2. The molecule has 1 aromatic carbocycles. The number of carbonyl (C=O) groups is 1. The number of thiophene rings is 1. The van der Waals surface area contributed by atoms with E-state index in [1.165, 1.54) is 4.88 Å². The fourth-order valence-electron chi connectivity index (χ4n) is 2.66. The molecule has 2 heterocycles. The predicted molar refractivity (Wildman–Crippen MR) is 98.5 cm³/mol. The van der Waals surface area contributed by atoms with E-state index in [1.54, 1.807) is 22.2 Å². The average Bonchev–Trinajstić information content (AvgIpc) is 3.10. The van der Waals surface area contributed by atoms with Crippen LogP contribution in [0, 0.1) is 0 Å². The number of hydrogen-bond donors (Lipinski definition) is 0. The molecule has 24 heavy (non-hydrogen) atoms. The van der Waals surface area contributed by atoms with Crippen LogP contribution in [0.15, 0.2) is 58.6 Å². The van der Waals surface area contributed by atoms with Crippen molar-refractivity contribution < 1.29 is 4.79 Å². The quantitative estimate of drug-likeness (QED) is 0.630. The molecule has 0 aliphatic heterocycles. The number of benzene rings is 1. The summed E-state index contributed by atoms with van der Waals surface area (Å²) in [6, 6.07) is 12.3. The van der Waals surface area contributed by atoms with Gasteiger partial charge in [0.2, 0.25) is 0 Å². The summed E-state index contributed by atoms with van der Waals surface area (Å²) in [6.45, 7) is 0.685. The topological polar surface area (TPSA) is 38.1 Å². The summed E-state index contributed by atoms with van der Waals surface area (Å²) < 4.78 is 2.76. The highest BCUT2D eigenvalue weighted by molar-refractivity contribution is 9.10. The molecule has 4 rings (SSSR count). The molecule has 0 unspecified atom stereocenters. The maximum Gasteiger partial charge on any atom is 0.257 e. The van der Waals surface area contributed by atoms with Crippen molar-refractivity contribution in [1.29, 1.82) is 0 Å². The molecule has 0 saturated heterocycles. The van der Waals surface area contributed by atoms with Crippen molar-refractivity contribution in [3.8, 4) is 5.69 Å². The van der Waals surface area contributed by atoms with Gasteiger partial charge in [0.25, 0.3) is 5.91 Å². The molecule has 3 aromatic rings. The van der Waals surface area contributed by atoms with Gasteiger partial charge < -0.3 is 4.90 Å². The van der Waals surface area contributed by atoms with Crippen LogP contribution in [0.1, 0.15) is 28.1 Å². The van der Waals surface area contributed by atoms with Crippen LogP contribution < -0.4 is 0 Å². The van der Waals surface area contributed by atoms with Crippen molar-refractivity contribution in [2.24, 2.45) is 0 Å². The van der Waals surface area contributed by atoms with E-state index in [-0.39, 0.29) is 5.91 Å². The molecule has 1 aliphatic carbocycles. The van der Waals surface area contributed by atoms with Gasteiger partial charge in [-0.3, -0.25) is 4.79 Å². The predicted octanol–water partition coefficient (Wildman–Crippen LogP) is 4.50. The zero-order valence-corrected chi connectivity index (χ0v) is 15.3. The van der Waals surface area contributed by atoms with Crippen LogP contribution in [-0.2, 0) is 6.54 Å². The number of rotatable bonds is 5. The third-order valence-corrected chi connectivity index (χ3v) is 5.47. The van der Waals surface area contributed by atoms with Gasteiger partial charge in [-0.25, -0.2) is 4.68 Å². The van der Waals surface area contributed by atoms with E-state index in [1.807, 2.05) is 41.4 Å². The summed E-state index contributed by atoms with van der Waals surface area (Å²) in [4.78, 5) is 16.1. The fraction of sp³-hybridized carbons (Fsp3) is 0.222. The number of carbonyl (C=O) groups excluding carboxylic acids is 1. The molecule has 0 bridgehead atoms. The molecule has 0 radical (unpaired) electrons. The van der Waals surface area contributed by atoms with E-state index in [4.69, 9.17) is 0 Å². The zero-order chi connectivity index (χ0) is 16.5. The highest BCUT2D eigenvalue weighted by Gasteiger charge is 2.33. The molecule has 4 nitrogen and oxygen atoms in total. The molecule has 1 aliphatic rings. The molecule has 122 valence electrons. The Bertz CT molecular complexity index is 838. The Balaban J connectivity index is 1.56. The van der Waals surface area contributed by atoms with Crippen molar-refractivity contribution in [2.75, 3.05) is 0 Å². The van der Waals surface area contributed by atoms with Crippen LogP contribution in [0.3, 0.4) is 0 Å². The van der Waals surface area contributed by atoms with Gasteiger partial charge in [-0.1, -0.05) is 22.0 Å². The van der Waals surface area contributed by atoms with Gasteiger partial charge in [-0.05, 0) is 48.6 Å². The lowest BCUT2D eigenvalue weighted by Crippen LogP contribution is -2.32. The summed E-state index contributed by atoms with van der Waals surface area (Å²) in [5.41, 5.74) is 1.58. The van der Waals surface area contributed by atoms with Gasteiger partial charge in [0.15, 0.2) is 0 Å². The average molecular weight is 402 g/mol. The van der Waals surface area contributed by atoms with Crippen LogP contribution in [0.5, 0.6) is 0 Å². The summed E-state index contributed by atoms with van der Waals surface area (Å²) in [6.07, 6.45) is 5.67. The number of hydrogen-bond acceptors (Lipinski definition) is 3. The van der Waals surface area contributed by atoms with Gasteiger partial charge in [0.1, 0.15) is 0 Å². The minimum atomic E-state index is 0.0641. The van der Waals surface area contributed by atoms with Crippen LogP contribution >= 0.6 is 27.3 Å². The van der Waals surface area contributed by atoms with Crippen molar-refractivity contribution >= 4 is 33.2 Å². The normalized spacial score (nSPS) is 13.9. The largest absolute Gasteiger partial charge is 0.330 e. The lowest BCUT2D eigenvalue weighted by molar-refractivity contribution is 0.0731. The third kappa shape index (κ3) is 3.30. The summed E-state index contributed by atoms with van der Waals surface area (Å²) in [5, 5.41) is 6.40. The van der Waals surface area contributed by atoms with Crippen LogP contribution in [0.4, 0.5) is 0 Å². The second-order valence-electron chi connectivity index (χ2n) is 5.89. The van der Waals surface area contributed by atoms with E-state index in [2.05, 4.69) is 32.5 Å². The van der Waals surface area contributed by atoms with E-state index in [9.17, 15) is 4.79 Å². The first kappa shape index (κ1) is 15.6. The Morgan fingerprint density at radius 2 is 2.08 bits per heavy atom. The van der Waals surface area contributed by atoms with Crippen molar-refractivity contribution in [3.63, 3.8) is 0 Å². The minimum Gasteiger partial charge on any atom is -0.330 e. The van der Waals surface area contributed by atoms with Crippen LogP contribution in [0.25, 0.3) is 5.69 Å². The highest BCUT2D eigenvalue weighted by Crippen LogP contribution is 2.30. The third-order valence-electron chi connectivity index (χ3n) is 4.08. The molecule has 0 N–H and O–H groups in total. The second-order valence-corrected chi connectivity index (χ2v) is 7.84. The Morgan fingerprint density at radius 1 is 1.29 bits per heavy atom. The minimum absolute atomic E-state index is 0.0641. The SMILES string of the molecule is O=C(c1cnn(-c2ccc(Br)cc2)c1)N(Cc1cccs1)C1CC1. The first-order valence-corrected chi connectivity index (χ1v) is 9.52.